The van der Waals surface area contributed by atoms with Crippen molar-refractivity contribution in [3.63, 3.8) is 0 Å². The number of amides is 3. The van der Waals surface area contributed by atoms with Crippen molar-refractivity contribution in [2.24, 2.45) is 11.7 Å². The van der Waals surface area contributed by atoms with Crippen LogP contribution in [0.4, 0.5) is 4.79 Å². The van der Waals surface area contributed by atoms with E-state index in [0.717, 1.165) is 24.9 Å². The summed E-state index contributed by atoms with van der Waals surface area (Å²) in [6.07, 6.45) is 2.23. The van der Waals surface area contributed by atoms with Crippen molar-refractivity contribution in [1.29, 1.82) is 0 Å². The summed E-state index contributed by atoms with van der Waals surface area (Å²) in [6, 6.07) is 6.17. The number of hydrogen-bond acceptors (Lipinski definition) is 2. The smallest absolute Gasteiger partial charge is 0.317 e. The molecular weight excluding hydrogens is 290 g/mol. The lowest BCUT2D eigenvalue weighted by Gasteiger charge is -2.33. The second-order valence-electron chi connectivity index (χ2n) is 6.66. The third-order valence-electron chi connectivity index (χ3n) is 4.54. The number of rotatable bonds is 4. The zero-order valence-corrected chi connectivity index (χ0v) is 14.3. The molecular formula is C18H27N3O2. The lowest BCUT2D eigenvalue weighted by atomic mass is 9.94. The number of carbonyl (C=O) groups is 2. The van der Waals surface area contributed by atoms with E-state index in [9.17, 15) is 9.59 Å². The second-order valence-corrected chi connectivity index (χ2v) is 6.66. The molecule has 126 valence electrons. The molecule has 3 amide bonds. The summed E-state index contributed by atoms with van der Waals surface area (Å²) in [6.45, 7) is 7.46. The van der Waals surface area contributed by atoms with Crippen LogP contribution < -0.4 is 11.1 Å². The normalized spacial score (nSPS) is 19.3. The van der Waals surface area contributed by atoms with Crippen LogP contribution in [0.5, 0.6) is 0 Å². The van der Waals surface area contributed by atoms with Crippen LogP contribution in [0.15, 0.2) is 18.2 Å². The first-order chi connectivity index (χ1) is 10.9. The van der Waals surface area contributed by atoms with Crippen LogP contribution in [0.1, 0.15) is 48.9 Å². The van der Waals surface area contributed by atoms with E-state index in [1.807, 2.05) is 6.92 Å². The summed E-state index contributed by atoms with van der Waals surface area (Å²) in [7, 11) is 0. The standard InChI is InChI=1S/C18H27N3O2/c1-12-6-7-13(2)16(9-12)14(3)20-18(23)21-8-4-5-15(11-21)10-17(19)22/h6-7,9,14-15H,4-5,8,10-11H2,1-3H3,(H2,19,22)(H,20,23). The predicted molar refractivity (Wildman–Crippen MR) is 91.0 cm³/mol. The number of carbonyl (C=O) groups excluding carboxylic acids is 2. The first-order valence-corrected chi connectivity index (χ1v) is 8.27. The van der Waals surface area contributed by atoms with Crippen molar-refractivity contribution in [3.05, 3.63) is 34.9 Å². The van der Waals surface area contributed by atoms with Crippen molar-refractivity contribution in [2.75, 3.05) is 13.1 Å². The summed E-state index contributed by atoms with van der Waals surface area (Å²) in [5.74, 6) is -0.107. The Labute approximate surface area is 138 Å². The summed E-state index contributed by atoms with van der Waals surface area (Å²) >= 11 is 0. The maximum absolute atomic E-state index is 12.5. The van der Waals surface area contributed by atoms with Crippen LogP contribution in [0.2, 0.25) is 0 Å². The lowest BCUT2D eigenvalue weighted by Crippen LogP contribution is -2.46. The van der Waals surface area contributed by atoms with Gasteiger partial charge in [0, 0.05) is 19.5 Å². The van der Waals surface area contributed by atoms with Crippen LogP contribution in [0.3, 0.4) is 0 Å². The van der Waals surface area contributed by atoms with E-state index in [4.69, 9.17) is 5.73 Å². The maximum atomic E-state index is 12.5. The van der Waals surface area contributed by atoms with Gasteiger partial charge in [-0.25, -0.2) is 4.79 Å². The van der Waals surface area contributed by atoms with Gasteiger partial charge in [0.2, 0.25) is 5.91 Å². The molecule has 23 heavy (non-hydrogen) atoms. The van der Waals surface area contributed by atoms with Crippen LogP contribution in [0, 0.1) is 19.8 Å². The largest absolute Gasteiger partial charge is 0.370 e. The minimum absolute atomic E-state index is 0.0427. The summed E-state index contributed by atoms with van der Waals surface area (Å²) in [5, 5.41) is 3.08. The van der Waals surface area contributed by atoms with E-state index < -0.39 is 0 Å². The molecule has 1 aliphatic rings. The molecule has 0 spiro atoms. The van der Waals surface area contributed by atoms with Gasteiger partial charge in [0.15, 0.2) is 0 Å². The van der Waals surface area contributed by atoms with Crippen LogP contribution >= 0.6 is 0 Å². The highest BCUT2D eigenvalue weighted by Crippen LogP contribution is 2.22. The molecule has 1 fully saturated rings. The predicted octanol–water partition coefficient (Wildman–Crippen LogP) is 2.66. The average molecular weight is 317 g/mol. The number of urea groups is 1. The summed E-state index contributed by atoms with van der Waals surface area (Å²) in [4.78, 5) is 25.4. The lowest BCUT2D eigenvalue weighted by molar-refractivity contribution is -0.119. The first kappa shape index (κ1) is 17.3. The van der Waals surface area contributed by atoms with Gasteiger partial charge in [0.05, 0.1) is 6.04 Å². The molecule has 1 aromatic carbocycles. The van der Waals surface area contributed by atoms with Gasteiger partial charge < -0.3 is 16.0 Å². The Kier molecular flexibility index (Phi) is 5.64. The molecule has 1 saturated heterocycles. The van der Waals surface area contributed by atoms with E-state index in [1.165, 1.54) is 11.1 Å². The Balaban J connectivity index is 1.97. The van der Waals surface area contributed by atoms with E-state index in [2.05, 4.69) is 37.4 Å². The highest BCUT2D eigenvalue weighted by atomic mass is 16.2. The van der Waals surface area contributed by atoms with Crippen molar-refractivity contribution < 1.29 is 9.59 Å². The molecule has 2 rings (SSSR count). The van der Waals surface area contributed by atoms with Gasteiger partial charge in [-0.1, -0.05) is 23.8 Å². The minimum atomic E-state index is -0.291. The Bertz CT molecular complexity index is 586. The summed E-state index contributed by atoms with van der Waals surface area (Å²) in [5.41, 5.74) is 8.78. The molecule has 3 N–H and O–H groups in total. The van der Waals surface area contributed by atoms with Gasteiger partial charge in [-0.15, -0.1) is 0 Å². The molecule has 0 aliphatic carbocycles. The van der Waals surface area contributed by atoms with Gasteiger partial charge in [-0.3, -0.25) is 4.79 Å². The van der Waals surface area contributed by atoms with Crippen molar-refractivity contribution >= 4 is 11.9 Å². The summed E-state index contributed by atoms with van der Waals surface area (Å²) < 4.78 is 0. The fourth-order valence-corrected chi connectivity index (χ4v) is 3.28. The molecule has 1 aromatic rings. The number of primary amides is 1. The van der Waals surface area contributed by atoms with E-state index >= 15 is 0 Å². The SMILES string of the molecule is Cc1ccc(C)c(C(C)NC(=O)N2CCCC(CC(N)=O)C2)c1. The monoisotopic (exact) mass is 317 g/mol. The van der Waals surface area contributed by atoms with Gasteiger partial charge in [0.25, 0.3) is 0 Å². The topological polar surface area (TPSA) is 75.4 Å². The Morgan fingerprint density at radius 2 is 2.13 bits per heavy atom. The molecule has 0 radical (unpaired) electrons. The Morgan fingerprint density at radius 3 is 2.83 bits per heavy atom. The average Bonchev–Trinajstić information content (AvgIpc) is 2.49. The number of likely N-dealkylation sites (tertiary alicyclic amines) is 1. The second kappa shape index (κ2) is 7.49. The molecule has 1 aliphatic heterocycles. The maximum Gasteiger partial charge on any atom is 0.317 e. The van der Waals surface area contributed by atoms with E-state index in [0.29, 0.717) is 13.0 Å². The third-order valence-corrected chi connectivity index (χ3v) is 4.54. The van der Waals surface area contributed by atoms with Crippen molar-refractivity contribution in [1.82, 2.24) is 10.2 Å². The van der Waals surface area contributed by atoms with E-state index in [-0.39, 0.29) is 23.9 Å². The number of hydrogen-bond donors (Lipinski definition) is 2. The van der Waals surface area contributed by atoms with Crippen molar-refractivity contribution in [2.45, 2.75) is 46.1 Å². The van der Waals surface area contributed by atoms with Crippen LogP contribution in [-0.2, 0) is 4.79 Å². The first-order valence-electron chi connectivity index (χ1n) is 8.27. The molecule has 2 unspecified atom stereocenters. The highest BCUT2D eigenvalue weighted by molar-refractivity contribution is 5.76. The fraction of sp³-hybridized carbons (Fsp3) is 0.556. The zero-order valence-electron chi connectivity index (χ0n) is 14.3. The molecule has 0 bridgehead atoms. The van der Waals surface area contributed by atoms with Crippen LogP contribution in [-0.4, -0.2) is 29.9 Å². The molecule has 0 saturated carbocycles. The van der Waals surface area contributed by atoms with Gasteiger partial charge in [-0.05, 0) is 50.7 Å². The van der Waals surface area contributed by atoms with Crippen LogP contribution in [0.25, 0.3) is 0 Å². The molecule has 0 aromatic heterocycles. The molecule has 2 atom stereocenters. The van der Waals surface area contributed by atoms with Crippen molar-refractivity contribution in [3.8, 4) is 0 Å². The van der Waals surface area contributed by atoms with Gasteiger partial charge in [-0.2, -0.15) is 0 Å². The number of piperidine rings is 1. The van der Waals surface area contributed by atoms with Gasteiger partial charge in [0.1, 0.15) is 0 Å². The highest BCUT2D eigenvalue weighted by Gasteiger charge is 2.25. The number of nitrogens with two attached hydrogens (primary N) is 1. The fourth-order valence-electron chi connectivity index (χ4n) is 3.28. The van der Waals surface area contributed by atoms with E-state index in [1.54, 1.807) is 4.90 Å². The number of nitrogens with zero attached hydrogens (tertiary/aromatic N) is 1. The molecule has 1 heterocycles. The molecule has 5 nitrogen and oxygen atoms in total. The number of benzene rings is 1. The Hall–Kier alpha value is -2.04. The molecule has 5 heteroatoms. The number of nitrogens with one attached hydrogen (secondary N) is 1. The van der Waals surface area contributed by atoms with Gasteiger partial charge >= 0.3 is 6.03 Å². The third kappa shape index (κ3) is 4.71. The Morgan fingerprint density at radius 1 is 1.39 bits per heavy atom. The minimum Gasteiger partial charge on any atom is -0.370 e. The zero-order chi connectivity index (χ0) is 17.0. The number of aryl methyl sites for hydroxylation is 2. The quantitative estimate of drug-likeness (QED) is 0.896.